The predicted octanol–water partition coefficient (Wildman–Crippen LogP) is 7.32. The minimum Gasteiger partial charge on any atom is -0.456 e. The lowest BCUT2D eigenvalue weighted by Gasteiger charge is -2.50. The van der Waals surface area contributed by atoms with Crippen LogP contribution in [0.2, 0.25) is 0 Å². The number of allylic oxidation sites excluding steroid dienone is 4. The first-order valence-corrected chi connectivity index (χ1v) is 22.8. The number of cyclic esters (lactones) is 1. The fourth-order valence-electron chi connectivity index (χ4n) is 9.79. The van der Waals surface area contributed by atoms with Crippen LogP contribution in [-0.2, 0) is 49.4 Å². The summed E-state index contributed by atoms with van der Waals surface area (Å²) in [6, 6.07) is 8.56. The molecular formula is C50H76N2O10. The largest absolute Gasteiger partial charge is 0.456 e. The van der Waals surface area contributed by atoms with Gasteiger partial charge in [-0.1, -0.05) is 81.8 Å². The maximum atomic E-state index is 15.2. The zero-order valence-corrected chi connectivity index (χ0v) is 39.1. The minimum absolute atomic E-state index is 0.0154. The number of piperidine rings is 1. The van der Waals surface area contributed by atoms with Crippen molar-refractivity contribution in [2.24, 2.45) is 29.6 Å². The van der Waals surface area contributed by atoms with Crippen molar-refractivity contribution in [3.05, 3.63) is 71.8 Å². The molecule has 12 heteroatoms. The number of carbonyl (C=O) groups is 4. The summed E-state index contributed by atoms with van der Waals surface area (Å²) in [6.45, 7) is 18.0. The number of benzene rings is 1. The molecule has 0 radical (unpaired) electrons. The van der Waals surface area contributed by atoms with E-state index in [0.29, 0.717) is 50.5 Å². The normalized spacial score (nSPS) is 34.5. The van der Waals surface area contributed by atoms with Gasteiger partial charge in [-0.3, -0.25) is 19.7 Å². The van der Waals surface area contributed by atoms with E-state index in [1.165, 1.54) is 4.90 Å². The summed E-state index contributed by atoms with van der Waals surface area (Å²) in [5, 5.41) is 15.2. The quantitative estimate of drug-likeness (QED) is 0.124. The van der Waals surface area contributed by atoms with Crippen molar-refractivity contribution in [1.29, 1.82) is 0 Å². The van der Waals surface area contributed by atoms with Crippen LogP contribution in [0.4, 0.5) is 0 Å². The van der Waals surface area contributed by atoms with Crippen LogP contribution >= 0.6 is 0 Å². The number of hydrogen-bond donors (Lipinski definition) is 2. The van der Waals surface area contributed by atoms with Gasteiger partial charge in [-0.25, -0.2) is 4.79 Å². The highest BCUT2D eigenvalue weighted by molar-refractivity contribution is 6.39. The summed E-state index contributed by atoms with van der Waals surface area (Å²) in [6.07, 6.45) is 5.94. The molecule has 12 nitrogen and oxygen atoms in total. The van der Waals surface area contributed by atoms with Crippen molar-refractivity contribution < 1.29 is 48.0 Å². The number of aliphatic hydroxyl groups is 1. The van der Waals surface area contributed by atoms with Crippen molar-refractivity contribution in [2.45, 2.75) is 161 Å². The molecule has 2 fully saturated rings. The summed E-state index contributed by atoms with van der Waals surface area (Å²) in [5.41, 5.74) is 0.822. The molecule has 2 bridgehead atoms. The lowest BCUT2D eigenvalue weighted by atomic mass is 9.80. The van der Waals surface area contributed by atoms with E-state index in [1.54, 1.807) is 34.3 Å². The van der Waals surface area contributed by atoms with E-state index in [-0.39, 0.29) is 49.7 Å². The Morgan fingerprint density at radius 3 is 2.34 bits per heavy atom. The molecule has 0 aromatic heterocycles. The molecule has 3 aliphatic heterocycles. The van der Waals surface area contributed by atoms with Crippen LogP contribution < -0.4 is 5.32 Å². The Kier molecular flexibility index (Phi) is 19.8. The lowest BCUT2D eigenvalue weighted by molar-refractivity contribution is -0.244. The van der Waals surface area contributed by atoms with E-state index in [9.17, 15) is 19.5 Å². The van der Waals surface area contributed by atoms with Gasteiger partial charge in [-0.15, -0.1) is 6.58 Å². The number of methoxy groups -OCH3 is 3. The maximum Gasteiger partial charge on any atom is 0.329 e. The van der Waals surface area contributed by atoms with E-state index >= 15 is 4.79 Å². The average molecular weight is 865 g/mol. The Morgan fingerprint density at radius 2 is 1.69 bits per heavy atom. The number of Topliss-reactive ketones (excluding diaryl/α,β-unsaturated/α-hetero) is 2. The first-order valence-electron chi connectivity index (χ1n) is 22.8. The molecule has 4 rings (SSSR count). The molecular weight excluding hydrogens is 789 g/mol. The van der Waals surface area contributed by atoms with Gasteiger partial charge in [0.25, 0.3) is 11.7 Å². The van der Waals surface area contributed by atoms with Crippen LogP contribution in [-0.4, -0.2) is 110 Å². The number of fused-ring (bicyclic) bond motifs is 3. The van der Waals surface area contributed by atoms with Gasteiger partial charge < -0.3 is 33.7 Å². The summed E-state index contributed by atoms with van der Waals surface area (Å²) < 4.78 is 31.1. The zero-order valence-electron chi connectivity index (χ0n) is 39.1. The van der Waals surface area contributed by atoms with Crippen molar-refractivity contribution in [2.75, 3.05) is 27.9 Å². The van der Waals surface area contributed by atoms with Crippen molar-refractivity contribution in [3.63, 3.8) is 0 Å². The Hall–Kier alpha value is -3.52. The molecule has 1 aromatic rings. The second-order valence-corrected chi connectivity index (χ2v) is 18.5. The van der Waals surface area contributed by atoms with Crippen molar-refractivity contribution >= 4 is 23.4 Å². The molecule has 0 unspecified atom stereocenters. The molecule has 3 aliphatic rings. The second kappa shape index (κ2) is 24.0. The van der Waals surface area contributed by atoms with E-state index < -0.39 is 77.7 Å². The number of aliphatic hydroxyl groups excluding tert-OH is 1. The van der Waals surface area contributed by atoms with Crippen LogP contribution in [0.25, 0.3) is 0 Å². The van der Waals surface area contributed by atoms with Crippen LogP contribution in [0, 0.1) is 29.6 Å². The molecule has 62 heavy (non-hydrogen) atoms. The standard InChI is InChI=1S/C50H76N2O10/c1-12-18-39-26-31(2)23-32(3)27-43(59-10)46-44(60-11)28-35(6)50(62-46,51-30-38-19-14-13-15-20-38)47(55)48(56)52-22-17-16-21-40(52)49(57)61-45(37(8)41(53)29-42(39)54)34(5)24-33(4)25-36(7)58-9/h12-15,19-20,24,26,32-33,35-37,39-41,43-46,51,53H,1,16-18,21-23,25,27-30H2,2-11H3/b31-26+,34-24+/t32-,33-,35+,36-,37+,39+,40-,41-,43-,44-,45+,46+,50+/m0/s1. The maximum absolute atomic E-state index is 15.2. The van der Waals surface area contributed by atoms with Crippen LogP contribution in [0.5, 0.6) is 0 Å². The number of ether oxygens (including phenoxy) is 5. The Labute approximate surface area is 371 Å². The highest BCUT2D eigenvalue weighted by atomic mass is 16.6. The van der Waals surface area contributed by atoms with E-state index in [4.69, 9.17) is 23.7 Å². The third kappa shape index (κ3) is 13.0. The van der Waals surface area contributed by atoms with Crippen LogP contribution in [0.1, 0.15) is 112 Å². The first-order chi connectivity index (χ1) is 29.5. The zero-order chi connectivity index (χ0) is 45.7. The van der Waals surface area contributed by atoms with E-state index in [1.807, 2.05) is 77.1 Å². The molecule has 1 aromatic carbocycles. The molecule has 0 aliphatic carbocycles. The molecule has 2 N–H and O–H groups in total. The van der Waals surface area contributed by atoms with E-state index in [0.717, 1.165) is 11.1 Å². The van der Waals surface area contributed by atoms with Gasteiger partial charge in [0.2, 0.25) is 0 Å². The highest BCUT2D eigenvalue weighted by Gasteiger charge is 2.57. The van der Waals surface area contributed by atoms with Gasteiger partial charge in [0, 0.05) is 58.6 Å². The van der Waals surface area contributed by atoms with Crippen LogP contribution in [0.3, 0.4) is 0 Å². The second-order valence-electron chi connectivity index (χ2n) is 18.5. The number of hydrogen-bond acceptors (Lipinski definition) is 11. The van der Waals surface area contributed by atoms with Crippen molar-refractivity contribution in [3.8, 4) is 0 Å². The van der Waals surface area contributed by atoms with Gasteiger partial charge in [0.05, 0.1) is 24.4 Å². The van der Waals surface area contributed by atoms with Gasteiger partial charge >= 0.3 is 5.97 Å². The smallest absolute Gasteiger partial charge is 0.329 e. The summed E-state index contributed by atoms with van der Waals surface area (Å²) in [7, 11) is 4.89. The average Bonchev–Trinajstić information content (AvgIpc) is 3.25. The lowest BCUT2D eigenvalue weighted by Crippen LogP contribution is -2.70. The fourth-order valence-corrected chi connectivity index (χ4v) is 9.79. The van der Waals surface area contributed by atoms with Gasteiger partial charge in [0.15, 0.2) is 5.72 Å². The third-order valence-corrected chi connectivity index (χ3v) is 13.4. The predicted molar refractivity (Wildman–Crippen MR) is 240 cm³/mol. The first kappa shape index (κ1) is 51.1. The number of carbonyl (C=O) groups excluding carboxylic acids is 4. The Balaban J connectivity index is 1.86. The molecule has 0 spiro atoms. The monoisotopic (exact) mass is 865 g/mol. The molecule has 1 amide bonds. The molecule has 13 atom stereocenters. The molecule has 3 heterocycles. The Bertz CT molecular complexity index is 1710. The number of nitrogens with one attached hydrogen (secondary N) is 1. The summed E-state index contributed by atoms with van der Waals surface area (Å²) >= 11 is 0. The SMILES string of the molecule is C=CC[C@@H]1/C=C(\C)C[C@H](C)C[C@H](OC)[C@H]2O[C@@](NCc3ccccc3)(C(=O)C(=O)N3CCCC[C@H]3C(=O)O[C@H](/C(C)=C/[C@H](C)C[C@H](C)OC)[C@H](C)[C@@H](O)CC1=O)[C@H](C)C[C@@H]2OC. The molecule has 2 saturated heterocycles. The van der Waals surface area contributed by atoms with E-state index in [2.05, 4.69) is 18.8 Å². The summed E-state index contributed by atoms with van der Waals surface area (Å²) in [5.74, 6) is -4.07. The Morgan fingerprint density at radius 1 is 1.02 bits per heavy atom. The topological polar surface area (TPSA) is 150 Å². The number of rotatable bonds is 12. The number of ketones is 2. The number of nitrogens with zero attached hydrogens (tertiary/aromatic N) is 1. The van der Waals surface area contributed by atoms with Crippen molar-refractivity contribution in [1.82, 2.24) is 10.2 Å². The summed E-state index contributed by atoms with van der Waals surface area (Å²) in [4.78, 5) is 60.0. The van der Waals surface area contributed by atoms with Gasteiger partial charge in [-0.2, -0.15) is 0 Å². The number of esters is 1. The molecule has 346 valence electrons. The highest BCUT2D eigenvalue weighted by Crippen LogP contribution is 2.39. The molecule has 0 saturated carbocycles. The third-order valence-electron chi connectivity index (χ3n) is 13.4. The fraction of sp³-hybridized carbons (Fsp3) is 0.680. The van der Waals surface area contributed by atoms with Gasteiger partial charge in [0.1, 0.15) is 24.0 Å². The van der Waals surface area contributed by atoms with Gasteiger partial charge in [-0.05, 0) is 95.1 Å². The minimum atomic E-state index is -1.79. The van der Waals surface area contributed by atoms with Crippen LogP contribution in [0.15, 0.2) is 66.3 Å². The number of amides is 1.